The second kappa shape index (κ2) is 6.27. The minimum Gasteiger partial charge on any atom is -0.375 e. The van der Waals surface area contributed by atoms with Crippen LogP contribution in [0, 0.1) is 17.2 Å². The molecule has 0 radical (unpaired) electrons. The monoisotopic (exact) mass is 231 g/mol. The van der Waals surface area contributed by atoms with E-state index in [4.69, 9.17) is 11.0 Å². The minimum atomic E-state index is 0.233. The Morgan fingerprint density at radius 1 is 1.41 bits per heavy atom. The first-order chi connectivity index (χ1) is 8.04. The zero-order valence-corrected chi connectivity index (χ0v) is 10.9. The first-order valence-electron chi connectivity index (χ1n) is 6.01. The van der Waals surface area contributed by atoms with Gasteiger partial charge < -0.3 is 10.6 Å². The van der Waals surface area contributed by atoms with Gasteiger partial charge in [-0.05, 0) is 30.5 Å². The van der Waals surface area contributed by atoms with Crippen molar-refractivity contribution in [1.29, 1.82) is 5.26 Å². The Morgan fingerprint density at radius 3 is 2.71 bits per heavy atom. The smallest absolute Gasteiger partial charge is 0.0992 e. The fraction of sp³-hybridized carbons (Fsp3) is 0.500. The Balaban J connectivity index is 2.58. The van der Waals surface area contributed by atoms with Crippen molar-refractivity contribution in [2.75, 3.05) is 18.5 Å². The van der Waals surface area contributed by atoms with Crippen LogP contribution in [-0.2, 0) is 0 Å². The molecule has 0 saturated carbocycles. The Hall–Kier alpha value is -1.53. The normalized spacial score (nSPS) is 12.2. The number of nitrogens with zero attached hydrogens (tertiary/aromatic N) is 2. The molecule has 1 rings (SSSR count). The fourth-order valence-corrected chi connectivity index (χ4v) is 1.62. The molecule has 92 valence electrons. The lowest BCUT2D eigenvalue weighted by atomic mass is 10.0. The molecule has 0 fully saturated rings. The van der Waals surface area contributed by atoms with E-state index >= 15 is 0 Å². The number of hydrogen-bond donors (Lipinski definition) is 1. The van der Waals surface area contributed by atoms with Gasteiger partial charge in [0.1, 0.15) is 0 Å². The van der Waals surface area contributed by atoms with E-state index in [9.17, 15) is 0 Å². The van der Waals surface area contributed by atoms with Crippen molar-refractivity contribution < 1.29 is 0 Å². The van der Waals surface area contributed by atoms with Crippen molar-refractivity contribution in [3.63, 3.8) is 0 Å². The molecule has 0 spiro atoms. The zero-order valence-electron chi connectivity index (χ0n) is 10.9. The largest absolute Gasteiger partial charge is 0.375 e. The molecule has 0 saturated heterocycles. The molecule has 17 heavy (non-hydrogen) atoms. The molecule has 1 atom stereocenters. The van der Waals surface area contributed by atoms with Gasteiger partial charge >= 0.3 is 0 Å². The third-order valence-corrected chi connectivity index (χ3v) is 3.07. The van der Waals surface area contributed by atoms with E-state index in [0.717, 1.165) is 18.7 Å². The van der Waals surface area contributed by atoms with Crippen LogP contribution >= 0.6 is 0 Å². The molecule has 0 bridgehead atoms. The lowest BCUT2D eigenvalue weighted by Gasteiger charge is -2.23. The molecule has 0 aliphatic rings. The second-order valence-electron chi connectivity index (χ2n) is 4.78. The van der Waals surface area contributed by atoms with Gasteiger partial charge in [-0.25, -0.2) is 0 Å². The van der Waals surface area contributed by atoms with Gasteiger partial charge in [-0.2, -0.15) is 5.26 Å². The van der Waals surface area contributed by atoms with Gasteiger partial charge in [-0.3, -0.25) is 0 Å². The molecule has 0 aliphatic carbocycles. The van der Waals surface area contributed by atoms with Crippen LogP contribution in [0.3, 0.4) is 0 Å². The summed E-state index contributed by atoms with van der Waals surface area (Å²) in [5.41, 5.74) is 7.79. The van der Waals surface area contributed by atoms with E-state index in [0.29, 0.717) is 11.5 Å². The second-order valence-corrected chi connectivity index (χ2v) is 4.78. The van der Waals surface area contributed by atoms with Crippen molar-refractivity contribution in [1.82, 2.24) is 0 Å². The highest BCUT2D eigenvalue weighted by atomic mass is 15.1. The third-order valence-electron chi connectivity index (χ3n) is 3.07. The van der Waals surface area contributed by atoms with Gasteiger partial charge in [-0.15, -0.1) is 0 Å². The summed E-state index contributed by atoms with van der Waals surface area (Å²) in [5, 5.41) is 8.85. The van der Waals surface area contributed by atoms with Crippen LogP contribution in [0.15, 0.2) is 24.3 Å². The first-order valence-corrected chi connectivity index (χ1v) is 6.01. The zero-order chi connectivity index (χ0) is 12.8. The van der Waals surface area contributed by atoms with Crippen molar-refractivity contribution in [2.24, 2.45) is 11.7 Å². The standard InChI is InChI=1S/C14H21N3/c1-11(2)14(16)7-8-17(3)13-6-4-5-12(9-13)10-15/h4-6,9,11,14H,7-8,16H2,1-3H3. The van der Waals surface area contributed by atoms with Crippen LogP contribution in [0.25, 0.3) is 0 Å². The fourth-order valence-electron chi connectivity index (χ4n) is 1.62. The van der Waals surface area contributed by atoms with Gasteiger partial charge in [0.2, 0.25) is 0 Å². The summed E-state index contributed by atoms with van der Waals surface area (Å²) < 4.78 is 0. The molecular formula is C14H21N3. The molecule has 3 heteroatoms. The highest BCUT2D eigenvalue weighted by Gasteiger charge is 2.09. The molecule has 0 aromatic heterocycles. The van der Waals surface area contributed by atoms with Gasteiger partial charge in [0.15, 0.2) is 0 Å². The molecule has 0 heterocycles. The summed E-state index contributed by atoms with van der Waals surface area (Å²) in [6.45, 7) is 5.19. The van der Waals surface area contributed by atoms with Crippen molar-refractivity contribution in [2.45, 2.75) is 26.3 Å². The summed E-state index contributed by atoms with van der Waals surface area (Å²) in [6.07, 6.45) is 0.963. The molecular weight excluding hydrogens is 210 g/mol. The van der Waals surface area contributed by atoms with Gasteiger partial charge in [0.05, 0.1) is 11.6 Å². The van der Waals surface area contributed by atoms with E-state index in [1.165, 1.54) is 0 Å². The Kier molecular flexibility index (Phi) is 4.99. The molecule has 1 unspecified atom stereocenters. The molecule has 0 amide bonds. The van der Waals surface area contributed by atoms with Crippen LogP contribution in [0.2, 0.25) is 0 Å². The number of anilines is 1. The highest BCUT2D eigenvalue weighted by Crippen LogP contribution is 2.15. The summed E-state index contributed by atoms with van der Waals surface area (Å²) in [6, 6.07) is 10.0. The molecule has 1 aromatic rings. The Bertz CT molecular complexity index is 393. The summed E-state index contributed by atoms with van der Waals surface area (Å²) in [4.78, 5) is 2.14. The molecule has 1 aromatic carbocycles. The molecule has 3 nitrogen and oxygen atoms in total. The van der Waals surface area contributed by atoms with Crippen LogP contribution in [0.4, 0.5) is 5.69 Å². The maximum Gasteiger partial charge on any atom is 0.0992 e. The first kappa shape index (κ1) is 13.5. The highest BCUT2D eigenvalue weighted by molar-refractivity contribution is 5.50. The van der Waals surface area contributed by atoms with E-state index in [1.54, 1.807) is 0 Å². The predicted molar refractivity (Wildman–Crippen MR) is 71.9 cm³/mol. The lowest BCUT2D eigenvalue weighted by molar-refractivity contribution is 0.466. The summed E-state index contributed by atoms with van der Waals surface area (Å²) in [5.74, 6) is 0.508. The summed E-state index contributed by atoms with van der Waals surface area (Å²) in [7, 11) is 2.03. The Morgan fingerprint density at radius 2 is 2.12 bits per heavy atom. The van der Waals surface area contributed by atoms with Crippen LogP contribution in [0.5, 0.6) is 0 Å². The number of nitriles is 1. The van der Waals surface area contributed by atoms with Crippen LogP contribution in [-0.4, -0.2) is 19.6 Å². The number of nitrogens with two attached hydrogens (primary N) is 1. The average Bonchev–Trinajstić information content (AvgIpc) is 2.35. The maximum atomic E-state index is 8.85. The number of hydrogen-bond acceptors (Lipinski definition) is 3. The van der Waals surface area contributed by atoms with Gasteiger partial charge in [0, 0.05) is 25.3 Å². The van der Waals surface area contributed by atoms with Gasteiger partial charge in [0.25, 0.3) is 0 Å². The average molecular weight is 231 g/mol. The molecule has 0 aliphatic heterocycles. The van der Waals surface area contributed by atoms with E-state index in [-0.39, 0.29) is 6.04 Å². The van der Waals surface area contributed by atoms with Crippen molar-refractivity contribution >= 4 is 5.69 Å². The quantitative estimate of drug-likeness (QED) is 0.846. The van der Waals surface area contributed by atoms with Gasteiger partial charge in [-0.1, -0.05) is 19.9 Å². The van der Waals surface area contributed by atoms with Crippen molar-refractivity contribution in [3.05, 3.63) is 29.8 Å². The third kappa shape index (κ3) is 4.08. The Labute approximate surface area is 104 Å². The number of benzene rings is 1. The minimum absolute atomic E-state index is 0.233. The number of rotatable bonds is 5. The van der Waals surface area contributed by atoms with E-state index < -0.39 is 0 Å². The SMILES string of the molecule is CC(C)C(N)CCN(C)c1cccc(C#N)c1. The predicted octanol–water partition coefficient (Wildman–Crippen LogP) is 2.37. The van der Waals surface area contributed by atoms with Crippen LogP contribution < -0.4 is 10.6 Å². The molecule has 2 N–H and O–H groups in total. The topological polar surface area (TPSA) is 53.0 Å². The van der Waals surface area contributed by atoms with E-state index in [1.807, 2.05) is 31.3 Å². The van der Waals surface area contributed by atoms with Crippen LogP contribution in [0.1, 0.15) is 25.8 Å². The maximum absolute atomic E-state index is 8.85. The lowest BCUT2D eigenvalue weighted by Crippen LogP contribution is -2.31. The van der Waals surface area contributed by atoms with E-state index in [2.05, 4.69) is 24.8 Å². The summed E-state index contributed by atoms with van der Waals surface area (Å²) >= 11 is 0. The van der Waals surface area contributed by atoms with Crippen molar-refractivity contribution in [3.8, 4) is 6.07 Å².